The number of hydrogen-bond donors (Lipinski definition) is 2. The zero-order chi connectivity index (χ0) is 9.84. The summed E-state index contributed by atoms with van der Waals surface area (Å²) in [4.78, 5) is 10.7. The molecule has 1 heterocycles. The maximum Gasteiger partial charge on any atom is 0.309 e. The Morgan fingerprint density at radius 2 is 2.38 bits per heavy atom. The third-order valence-corrected chi connectivity index (χ3v) is 1.97. The molecule has 0 aliphatic rings. The van der Waals surface area contributed by atoms with Crippen LogP contribution in [-0.2, 0) is 4.79 Å². The summed E-state index contributed by atoms with van der Waals surface area (Å²) in [5.74, 6) is -1.51. The zero-order valence-electron chi connectivity index (χ0n) is 7.30. The zero-order valence-corrected chi connectivity index (χ0v) is 7.30. The van der Waals surface area contributed by atoms with E-state index in [9.17, 15) is 9.90 Å². The largest absolute Gasteiger partial charge is 0.481 e. The van der Waals surface area contributed by atoms with E-state index < -0.39 is 18.0 Å². The van der Waals surface area contributed by atoms with Crippen LogP contribution < -0.4 is 0 Å². The molecule has 1 aromatic rings. The van der Waals surface area contributed by atoms with Crippen molar-refractivity contribution in [3.05, 3.63) is 24.2 Å². The lowest BCUT2D eigenvalue weighted by atomic mass is 9.98. The molecule has 0 spiro atoms. The van der Waals surface area contributed by atoms with Gasteiger partial charge in [0.25, 0.3) is 0 Å². The second-order valence-corrected chi connectivity index (χ2v) is 2.81. The maximum atomic E-state index is 10.7. The minimum Gasteiger partial charge on any atom is -0.481 e. The van der Waals surface area contributed by atoms with Crippen LogP contribution in [0, 0.1) is 5.92 Å². The van der Waals surface area contributed by atoms with E-state index in [1.54, 1.807) is 19.1 Å². The molecule has 0 saturated heterocycles. The molecule has 2 N–H and O–H groups in total. The summed E-state index contributed by atoms with van der Waals surface area (Å²) < 4.78 is 4.91. The lowest BCUT2D eigenvalue weighted by molar-refractivity contribution is -0.146. The number of hydrogen-bond acceptors (Lipinski definition) is 3. The van der Waals surface area contributed by atoms with Gasteiger partial charge in [-0.25, -0.2) is 0 Å². The Morgan fingerprint density at radius 1 is 1.69 bits per heavy atom. The third kappa shape index (κ3) is 2.09. The number of furan rings is 1. The average Bonchev–Trinajstić information content (AvgIpc) is 2.56. The number of aliphatic carboxylic acids is 1. The van der Waals surface area contributed by atoms with E-state index in [2.05, 4.69) is 0 Å². The van der Waals surface area contributed by atoms with Crippen LogP contribution in [-0.4, -0.2) is 16.2 Å². The van der Waals surface area contributed by atoms with Gasteiger partial charge < -0.3 is 14.6 Å². The number of carboxylic acids is 1. The van der Waals surface area contributed by atoms with Gasteiger partial charge >= 0.3 is 5.97 Å². The SMILES string of the molecule is CC[C@H](C(=O)O)C(O)c1ccco1. The van der Waals surface area contributed by atoms with Crippen molar-refractivity contribution >= 4 is 5.97 Å². The smallest absolute Gasteiger partial charge is 0.309 e. The summed E-state index contributed by atoms with van der Waals surface area (Å²) in [6.45, 7) is 1.71. The van der Waals surface area contributed by atoms with Gasteiger partial charge in [-0.05, 0) is 18.6 Å². The predicted molar refractivity (Wildman–Crippen MR) is 45.1 cm³/mol. The standard InChI is InChI=1S/C9H12O4/c1-2-6(9(11)12)8(10)7-4-3-5-13-7/h3-6,8,10H,2H2,1H3,(H,11,12)/t6-,8?/m0/s1. The van der Waals surface area contributed by atoms with E-state index in [0.29, 0.717) is 12.2 Å². The van der Waals surface area contributed by atoms with Crippen LogP contribution in [0.4, 0.5) is 0 Å². The second kappa shape index (κ2) is 4.09. The van der Waals surface area contributed by atoms with Crippen LogP contribution in [0.15, 0.2) is 22.8 Å². The molecule has 1 rings (SSSR count). The highest BCUT2D eigenvalue weighted by molar-refractivity contribution is 5.70. The Kier molecular flexibility index (Phi) is 3.08. The number of aliphatic hydroxyl groups is 1. The summed E-state index contributed by atoms with van der Waals surface area (Å²) in [5, 5.41) is 18.3. The normalized spacial score (nSPS) is 15.2. The predicted octanol–water partition coefficient (Wildman–Crippen LogP) is 1.42. The molecule has 0 saturated carbocycles. The van der Waals surface area contributed by atoms with Gasteiger partial charge in [-0.2, -0.15) is 0 Å². The fourth-order valence-corrected chi connectivity index (χ4v) is 1.19. The highest BCUT2D eigenvalue weighted by Gasteiger charge is 2.27. The molecule has 4 heteroatoms. The molecular formula is C9H12O4. The molecule has 13 heavy (non-hydrogen) atoms. The van der Waals surface area contributed by atoms with Crippen LogP contribution in [0.25, 0.3) is 0 Å². The molecule has 0 aliphatic carbocycles. The molecule has 0 fully saturated rings. The number of aliphatic hydroxyl groups excluding tert-OH is 1. The van der Waals surface area contributed by atoms with Gasteiger partial charge in [0.1, 0.15) is 11.9 Å². The lowest BCUT2D eigenvalue weighted by Crippen LogP contribution is -2.20. The molecule has 0 bridgehead atoms. The van der Waals surface area contributed by atoms with Gasteiger partial charge in [0.05, 0.1) is 12.2 Å². The van der Waals surface area contributed by atoms with Crippen LogP contribution in [0.3, 0.4) is 0 Å². The van der Waals surface area contributed by atoms with Gasteiger partial charge in [0.15, 0.2) is 0 Å². The van der Waals surface area contributed by atoms with E-state index in [0.717, 1.165) is 0 Å². The van der Waals surface area contributed by atoms with Gasteiger partial charge in [0, 0.05) is 0 Å². The van der Waals surface area contributed by atoms with E-state index in [-0.39, 0.29) is 0 Å². The molecule has 0 aliphatic heterocycles. The molecule has 0 amide bonds. The molecule has 2 atom stereocenters. The second-order valence-electron chi connectivity index (χ2n) is 2.81. The minimum atomic E-state index is -1.06. The van der Waals surface area contributed by atoms with Crippen LogP contribution in [0.1, 0.15) is 25.2 Å². The first-order chi connectivity index (χ1) is 6.16. The topological polar surface area (TPSA) is 70.7 Å². The van der Waals surface area contributed by atoms with Gasteiger partial charge in [-0.3, -0.25) is 4.79 Å². The molecule has 1 aromatic heterocycles. The minimum absolute atomic E-state index is 0.300. The lowest BCUT2D eigenvalue weighted by Gasteiger charge is -2.14. The van der Waals surface area contributed by atoms with E-state index >= 15 is 0 Å². The van der Waals surface area contributed by atoms with E-state index in [1.165, 1.54) is 6.26 Å². The van der Waals surface area contributed by atoms with Crippen molar-refractivity contribution in [1.29, 1.82) is 0 Å². The first-order valence-electron chi connectivity index (χ1n) is 4.11. The maximum absolute atomic E-state index is 10.7. The third-order valence-electron chi connectivity index (χ3n) is 1.97. The number of carbonyl (C=O) groups is 1. The van der Waals surface area contributed by atoms with Crippen molar-refractivity contribution in [1.82, 2.24) is 0 Å². The fourth-order valence-electron chi connectivity index (χ4n) is 1.19. The average molecular weight is 184 g/mol. The van der Waals surface area contributed by atoms with Crippen molar-refractivity contribution in [2.45, 2.75) is 19.4 Å². The first kappa shape index (κ1) is 9.80. The molecule has 0 radical (unpaired) electrons. The molecule has 0 aromatic carbocycles. The summed E-state index contributed by atoms with van der Waals surface area (Å²) in [7, 11) is 0. The Labute approximate surface area is 75.8 Å². The Hall–Kier alpha value is -1.29. The van der Waals surface area contributed by atoms with E-state index in [4.69, 9.17) is 9.52 Å². The Morgan fingerprint density at radius 3 is 2.77 bits per heavy atom. The fraction of sp³-hybridized carbons (Fsp3) is 0.444. The van der Waals surface area contributed by atoms with Crippen molar-refractivity contribution in [3.63, 3.8) is 0 Å². The molecule has 72 valence electrons. The quantitative estimate of drug-likeness (QED) is 0.742. The Balaban J connectivity index is 2.76. The number of carboxylic acid groups (broad SMARTS) is 1. The monoisotopic (exact) mass is 184 g/mol. The van der Waals surface area contributed by atoms with Crippen LogP contribution >= 0.6 is 0 Å². The molecule has 1 unspecified atom stereocenters. The highest BCUT2D eigenvalue weighted by Crippen LogP contribution is 2.24. The van der Waals surface area contributed by atoms with Crippen molar-refractivity contribution in [3.8, 4) is 0 Å². The summed E-state index contributed by atoms with van der Waals surface area (Å²) in [5.41, 5.74) is 0. The first-order valence-corrected chi connectivity index (χ1v) is 4.11. The highest BCUT2D eigenvalue weighted by atomic mass is 16.4. The van der Waals surface area contributed by atoms with Crippen molar-refractivity contribution < 1.29 is 19.4 Å². The molecular weight excluding hydrogens is 172 g/mol. The van der Waals surface area contributed by atoms with Crippen molar-refractivity contribution in [2.24, 2.45) is 5.92 Å². The van der Waals surface area contributed by atoms with E-state index in [1.807, 2.05) is 0 Å². The Bertz CT molecular complexity index is 265. The molecule has 4 nitrogen and oxygen atoms in total. The summed E-state index contributed by atoms with van der Waals surface area (Å²) in [6, 6.07) is 3.18. The van der Waals surface area contributed by atoms with Crippen LogP contribution in [0.5, 0.6) is 0 Å². The summed E-state index contributed by atoms with van der Waals surface area (Å²) in [6.07, 6.45) is 0.724. The van der Waals surface area contributed by atoms with Crippen LogP contribution in [0.2, 0.25) is 0 Å². The van der Waals surface area contributed by atoms with Gasteiger partial charge in [0.2, 0.25) is 0 Å². The summed E-state index contributed by atoms with van der Waals surface area (Å²) >= 11 is 0. The van der Waals surface area contributed by atoms with Gasteiger partial charge in [-0.1, -0.05) is 6.92 Å². The number of rotatable bonds is 4. The van der Waals surface area contributed by atoms with Gasteiger partial charge in [-0.15, -0.1) is 0 Å². The van der Waals surface area contributed by atoms with Crippen molar-refractivity contribution in [2.75, 3.05) is 0 Å².